The Bertz CT molecular complexity index is 812. The zero-order valence-electron chi connectivity index (χ0n) is 15.8. The fourth-order valence-corrected chi connectivity index (χ4v) is 4.21. The molecule has 2 aliphatic heterocycles. The summed E-state index contributed by atoms with van der Waals surface area (Å²) in [4.78, 5) is 17.2. The first kappa shape index (κ1) is 16.9. The quantitative estimate of drug-likeness (QED) is 0.900. The molecule has 1 saturated heterocycles. The summed E-state index contributed by atoms with van der Waals surface area (Å²) in [6.07, 6.45) is 2.00. The molecule has 138 valence electrons. The Balaban J connectivity index is 1.46. The Morgan fingerprint density at radius 2 is 2.08 bits per heavy atom. The molecule has 0 aliphatic carbocycles. The molecule has 6 nitrogen and oxygen atoms in total. The molecule has 4 rings (SSSR count). The molecule has 1 aromatic heterocycles. The van der Waals surface area contributed by atoms with Gasteiger partial charge < -0.3 is 9.80 Å². The molecule has 1 aromatic carbocycles. The Morgan fingerprint density at radius 3 is 2.85 bits per heavy atom. The number of fused-ring (bicyclic) bond motifs is 3. The van der Waals surface area contributed by atoms with E-state index in [9.17, 15) is 4.79 Å². The number of anilines is 2. The summed E-state index contributed by atoms with van der Waals surface area (Å²) in [6, 6.07) is 11.2. The van der Waals surface area contributed by atoms with Crippen molar-refractivity contribution in [3.05, 3.63) is 41.6 Å². The molecule has 2 amide bonds. The first-order chi connectivity index (χ1) is 12.5. The number of benzene rings is 1. The molecule has 2 aliphatic rings. The van der Waals surface area contributed by atoms with Crippen LogP contribution in [0.2, 0.25) is 0 Å². The van der Waals surface area contributed by atoms with Gasteiger partial charge in [-0.3, -0.25) is 10.00 Å². The number of aromatic nitrogens is 2. The number of carbonyl (C=O) groups excluding carboxylic acids is 1. The highest BCUT2D eigenvalue weighted by molar-refractivity contribution is 5.88. The summed E-state index contributed by atoms with van der Waals surface area (Å²) >= 11 is 0. The molecule has 6 heteroatoms. The van der Waals surface area contributed by atoms with Crippen molar-refractivity contribution in [2.45, 2.75) is 45.7 Å². The number of para-hydroxylation sites is 1. The lowest BCUT2D eigenvalue weighted by Gasteiger charge is -2.27. The largest absolute Gasteiger partial charge is 0.366 e. The van der Waals surface area contributed by atoms with Crippen LogP contribution in [0.4, 0.5) is 16.3 Å². The van der Waals surface area contributed by atoms with Gasteiger partial charge in [0, 0.05) is 43.1 Å². The molecule has 26 heavy (non-hydrogen) atoms. The second-order valence-electron chi connectivity index (χ2n) is 7.62. The van der Waals surface area contributed by atoms with Crippen LogP contribution in [0.15, 0.2) is 30.3 Å². The van der Waals surface area contributed by atoms with Gasteiger partial charge in [-0.15, -0.1) is 0 Å². The number of nitrogens with one attached hydrogen (secondary N) is 1. The van der Waals surface area contributed by atoms with Crippen molar-refractivity contribution in [1.82, 2.24) is 14.7 Å². The zero-order chi connectivity index (χ0) is 18.3. The Kier molecular flexibility index (Phi) is 4.34. The lowest BCUT2D eigenvalue weighted by atomic mass is 10.1. The van der Waals surface area contributed by atoms with Crippen molar-refractivity contribution in [2.75, 3.05) is 29.9 Å². The third kappa shape index (κ3) is 3.04. The van der Waals surface area contributed by atoms with Gasteiger partial charge in [0.05, 0.1) is 6.04 Å². The van der Waals surface area contributed by atoms with Gasteiger partial charge in [-0.25, -0.2) is 4.79 Å². The van der Waals surface area contributed by atoms with E-state index in [2.05, 4.69) is 53.4 Å². The highest BCUT2D eigenvalue weighted by Crippen LogP contribution is 2.33. The number of amides is 2. The van der Waals surface area contributed by atoms with E-state index in [0.29, 0.717) is 11.9 Å². The van der Waals surface area contributed by atoms with E-state index in [1.165, 1.54) is 11.3 Å². The molecular weight excluding hydrogens is 326 g/mol. The summed E-state index contributed by atoms with van der Waals surface area (Å²) < 4.78 is 1.94. The number of aryl methyl sites for hydroxylation is 1. The van der Waals surface area contributed by atoms with E-state index in [4.69, 9.17) is 0 Å². The number of hydrogen-bond acceptors (Lipinski definition) is 3. The normalized spacial score (nSPS) is 19.3. The van der Waals surface area contributed by atoms with E-state index < -0.39 is 0 Å². The van der Waals surface area contributed by atoms with Gasteiger partial charge in [0.25, 0.3) is 0 Å². The Hall–Kier alpha value is -2.50. The highest BCUT2D eigenvalue weighted by Gasteiger charge is 2.33. The standard InChI is InChI=1S/C20H27N5O/c1-14(2)25-15(3)11-19(22-25)21-20(26)23-9-6-10-24-17(13-23)12-16-7-4-5-8-18(16)24/h4-5,7-8,11,14,17H,6,9-10,12-13H2,1-3H3,(H,21,22,26)/t17-/m0/s1. The smallest absolute Gasteiger partial charge is 0.323 e. The number of rotatable bonds is 2. The van der Waals surface area contributed by atoms with Crippen LogP contribution in [-0.2, 0) is 6.42 Å². The first-order valence-corrected chi connectivity index (χ1v) is 9.49. The molecule has 0 saturated carbocycles. The maximum Gasteiger partial charge on any atom is 0.323 e. The van der Waals surface area contributed by atoms with Gasteiger partial charge in [-0.05, 0) is 45.2 Å². The van der Waals surface area contributed by atoms with E-state index in [-0.39, 0.29) is 12.1 Å². The van der Waals surface area contributed by atoms with Gasteiger partial charge >= 0.3 is 6.03 Å². The maximum atomic E-state index is 12.8. The van der Waals surface area contributed by atoms with Crippen molar-refractivity contribution < 1.29 is 4.79 Å². The summed E-state index contributed by atoms with van der Waals surface area (Å²) in [5.41, 5.74) is 3.79. The van der Waals surface area contributed by atoms with Gasteiger partial charge in [0.15, 0.2) is 5.82 Å². The molecule has 1 atom stereocenters. The zero-order valence-corrected chi connectivity index (χ0v) is 15.8. The highest BCUT2D eigenvalue weighted by atomic mass is 16.2. The van der Waals surface area contributed by atoms with Crippen molar-refractivity contribution >= 4 is 17.5 Å². The second kappa shape index (κ2) is 6.67. The Labute approximate surface area is 154 Å². The summed E-state index contributed by atoms with van der Waals surface area (Å²) in [6.45, 7) is 8.74. The van der Waals surface area contributed by atoms with Gasteiger partial charge in [-0.2, -0.15) is 5.10 Å². The van der Waals surface area contributed by atoms with Gasteiger partial charge in [0.2, 0.25) is 0 Å². The number of carbonyl (C=O) groups is 1. The lowest BCUT2D eigenvalue weighted by molar-refractivity contribution is 0.211. The van der Waals surface area contributed by atoms with Crippen LogP contribution in [0, 0.1) is 6.92 Å². The van der Waals surface area contributed by atoms with Crippen LogP contribution >= 0.6 is 0 Å². The minimum Gasteiger partial charge on any atom is -0.366 e. The number of nitrogens with zero attached hydrogens (tertiary/aromatic N) is 4. The summed E-state index contributed by atoms with van der Waals surface area (Å²) in [5, 5.41) is 7.51. The first-order valence-electron chi connectivity index (χ1n) is 9.49. The minimum atomic E-state index is -0.0452. The van der Waals surface area contributed by atoms with Crippen LogP contribution in [0.1, 0.15) is 37.6 Å². The minimum absolute atomic E-state index is 0.0452. The number of hydrogen-bond donors (Lipinski definition) is 1. The van der Waals surface area contributed by atoms with E-state index in [0.717, 1.165) is 38.2 Å². The molecule has 1 N–H and O–H groups in total. The molecule has 1 fully saturated rings. The predicted octanol–water partition coefficient (Wildman–Crippen LogP) is 3.44. The average Bonchev–Trinajstić information content (AvgIpc) is 3.06. The predicted molar refractivity (Wildman–Crippen MR) is 104 cm³/mol. The molecule has 2 aromatic rings. The molecule has 3 heterocycles. The fourth-order valence-electron chi connectivity index (χ4n) is 4.21. The van der Waals surface area contributed by atoms with Crippen LogP contribution in [0.25, 0.3) is 0 Å². The summed E-state index contributed by atoms with van der Waals surface area (Å²) in [5.74, 6) is 0.636. The van der Waals surface area contributed by atoms with Crippen LogP contribution < -0.4 is 10.2 Å². The SMILES string of the molecule is Cc1cc(NC(=O)N2CCCN3c4ccccc4C[C@H]3C2)nn1C(C)C. The van der Waals surface area contributed by atoms with Crippen LogP contribution in [-0.4, -0.2) is 46.4 Å². The second-order valence-corrected chi connectivity index (χ2v) is 7.62. The van der Waals surface area contributed by atoms with Crippen molar-refractivity contribution in [3.8, 4) is 0 Å². The molecule has 0 radical (unpaired) electrons. The topological polar surface area (TPSA) is 53.4 Å². The van der Waals surface area contributed by atoms with Crippen LogP contribution in [0.3, 0.4) is 0 Å². The van der Waals surface area contributed by atoms with Crippen molar-refractivity contribution in [1.29, 1.82) is 0 Å². The van der Waals surface area contributed by atoms with Crippen molar-refractivity contribution in [2.24, 2.45) is 0 Å². The van der Waals surface area contributed by atoms with Gasteiger partial charge in [-0.1, -0.05) is 18.2 Å². The monoisotopic (exact) mass is 353 g/mol. The fraction of sp³-hybridized carbons (Fsp3) is 0.500. The maximum absolute atomic E-state index is 12.8. The van der Waals surface area contributed by atoms with E-state index in [1.807, 2.05) is 22.6 Å². The molecular formula is C20H27N5O. The van der Waals surface area contributed by atoms with Crippen LogP contribution in [0.5, 0.6) is 0 Å². The molecule has 0 spiro atoms. The third-order valence-corrected chi connectivity index (χ3v) is 5.39. The number of urea groups is 1. The average molecular weight is 353 g/mol. The van der Waals surface area contributed by atoms with E-state index in [1.54, 1.807) is 0 Å². The van der Waals surface area contributed by atoms with Gasteiger partial charge in [0.1, 0.15) is 0 Å². The lowest BCUT2D eigenvalue weighted by Crippen LogP contribution is -2.43. The molecule has 0 unspecified atom stereocenters. The molecule has 0 bridgehead atoms. The van der Waals surface area contributed by atoms with E-state index >= 15 is 0 Å². The summed E-state index contributed by atoms with van der Waals surface area (Å²) in [7, 11) is 0. The Morgan fingerprint density at radius 1 is 1.27 bits per heavy atom. The van der Waals surface area contributed by atoms with Crippen molar-refractivity contribution in [3.63, 3.8) is 0 Å². The third-order valence-electron chi connectivity index (χ3n) is 5.39.